The van der Waals surface area contributed by atoms with Crippen LogP contribution in [0.4, 0.5) is 0 Å². The Bertz CT molecular complexity index is 416. The number of hydrogen-bond donors (Lipinski definition) is 0. The minimum Gasteiger partial charge on any atom is -0.363 e. The van der Waals surface area contributed by atoms with Crippen molar-refractivity contribution in [2.75, 3.05) is 19.4 Å². The number of methoxy groups -OCH3 is 1. The summed E-state index contributed by atoms with van der Waals surface area (Å²) in [5.41, 5.74) is 0.607. The van der Waals surface area contributed by atoms with Gasteiger partial charge in [0.25, 0.3) is 0 Å². The molecule has 0 amide bonds. The van der Waals surface area contributed by atoms with Crippen molar-refractivity contribution in [1.82, 2.24) is 0 Å². The van der Waals surface area contributed by atoms with E-state index in [4.69, 9.17) is 4.74 Å². The summed E-state index contributed by atoms with van der Waals surface area (Å²) in [5, 5.41) is 2.32. The number of unbranched alkanes of at least 4 members (excludes halogenated alkanes) is 1. The highest BCUT2D eigenvalue weighted by Crippen LogP contribution is 2.21. The van der Waals surface area contributed by atoms with Crippen LogP contribution < -0.4 is 0 Å². The molecular weight excluding hydrogens is 266 g/mol. The molecule has 18 heavy (non-hydrogen) atoms. The lowest BCUT2D eigenvalue weighted by Gasteiger charge is -2.15. The molecule has 2 atom stereocenters. The van der Waals surface area contributed by atoms with Crippen molar-refractivity contribution in [1.29, 1.82) is 0 Å². The highest BCUT2D eigenvalue weighted by atomic mass is 32.2. The van der Waals surface area contributed by atoms with Gasteiger partial charge in [0.1, 0.15) is 0 Å². The van der Waals surface area contributed by atoms with E-state index in [1.54, 1.807) is 7.11 Å². The molecule has 1 aromatic rings. The second-order valence-corrected chi connectivity index (χ2v) is 5.52. The first-order valence-corrected chi connectivity index (χ1v) is 7.57. The molecule has 0 spiro atoms. The summed E-state index contributed by atoms with van der Waals surface area (Å²) in [6.45, 7) is 0.656. The molecule has 0 bridgehead atoms. The number of aliphatic imine (C=N–C) groups is 1. The maximum Gasteiger partial charge on any atom is 0.157 e. The number of benzene rings is 1. The Morgan fingerprint density at radius 3 is 2.72 bits per heavy atom. The number of thiocarbonyl (C=S) groups is 1. The summed E-state index contributed by atoms with van der Waals surface area (Å²) in [4.78, 5) is 3.83. The number of rotatable bonds is 8. The van der Waals surface area contributed by atoms with Crippen LogP contribution in [0.2, 0.25) is 0 Å². The highest BCUT2D eigenvalue weighted by Gasteiger charge is 2.17. The van der Waals surface area contributed by atoms with E-state index < -0.39 is 10.8 Å². The predicted octanol–water partition coefficient (Wildman–Crippen LogP) is 2.96. The van der Waals surface area contributed by atoms with Crippen LogP contribution in [0, 0.1) is 0 Å². The van der Waals surface area contributed by atoms with Gasteiger partial charge in [0.05, 0.1) is 16.0 Å². The predicted molar refractivity (Wildman–Crippen MR) is 78.3 cm³/mol. The second kappa shape index (κ2) is 9.11. The van der Waals surface area contributed by atoms with Crippen molar-refractivity contribution in [3.05, 3.63) is 35.9 Å². The van der Waals surface area contributed by atoms with Gasteiger partial charge in [-0.1, -0.05) is 30.3 Å². The van der Waals surface area contributed by atoms with Crippen LogP contribution in [0.15, 0.2) is 35.3 Å². The minimum absolute atomic E-state index is 0.347. The number of hydrogen-bond acceptors (Lipinski definition) is 4. The fourth-order valence-electron chi connectivity index (χ4n) is 1.59. The molecule has 0 saturated heterocycles. The van der Waals surface area contributed by atoms with E-state index in [-0.39, 0.29) is 5.44 Å². The molecule has 0 heterocycles. The van der Waals surface area contributed by atoms with E-state index in [1.165, 1.54) is 0 Å². The molecule has 0 aromatic heterocycles. The summed E-state index contributed by atoms with van der Waals surface area (Å²) in [7, 11) is 0.565. The third kappa shape index (κ3) is 5.19. The van der Waals surface area contributed by atoms with Crippen LogP contribution in [0.1, 0.15) is 23.8 Å². The molecule has 1 aromatic carbocycles. The molecule has 0 saturated carbocycles. The van der Waals surface area contributed by atoms with E-state index in [0.29, 0.717) is 12.3 Å². The maximum absolute atomic E-state index is 12.1. The molecule has 3 nitrogen and oxygen atoms in total. The normalized spacial score (nSPS) is 13.6. The SMILES string of the molecule is COC(c1ccccc1)S(=O)CCCCN=C=S. The van der Waals surface area contributed by atoms with Gasteiger partial charge < -0.3 is 4.74 Å². The number of ether oxygens (including phenoxy) is 1. The molecule has 0 fully saturated rings. The summed E-state index contributed by atoms with van der Waals surface area (Å²) >= 11 is 4.48. The van der Waals surface area contributed by atoms with Crippen LogP contribution in [-0.4, -0.2) is 28.8 Å². The quantitative estimate of drug-likeness (QED) is 0.418. The van der Waals surface area contributed by atoms with Crippen molar-refractivity contribution in [3.63, 3.8) is 0 Å². The Balaban J connectivity index is 2.45. The summed E-state index contributed by atoms with van der Waals surface area (Å²) < 4.78 is 17.5. The molecule has 1 rings (SSSR count). The molecule has 0 N–H and O–H groups in total. The lowest BCUT2D eigenvalue weighted by atomic mass is 10.2. The molecule has 2 unspecified atom stereocenters. The Morgan fingerprint density at radius 1 is 1.39 bits per heavy atom. The third-order valence-corrected chi connectivity index (χ3v) is 4.22. The van der Waals surface area contributed by atoms with Crippen molar-refractivity contribution >= 4 is 28.2 Å². The Hall–Kier alpha value is -0.870. The Labute approximate surface area is 116 Å². The summed E-state index contributed by atoms with van der Waals surface area (Å²) in [6.07, 6.45) is 1.72. The van der Waals surface area contributed by atoms with E-state index in [0.717, 1.165) is 18.4 Å². The lowest BCUT2D eigenvalue weighted by Crippen LogP contribution is -2.12. The van der Waals surface area contributed by atoms with Gasteiger partial charge in [-0.05, 0) is 30.6 Å². The van der Waals surface area contributed by atoms with Crippen molar-refractivity contribution in [2.45, 2.75) is 18.3 Å². The maximum atomic E-state index is 12.1. The van der Waals surface area contributed by atoms with Gasteiger partial charge in [-0.25, -0.2) is 4.99 Å². The van der Waals surface area contributed by atoms with E-state index >= 15 is 0 Å². The van der Waals surface area contributed by atoms with Gasteiger partial charge in [-0.2, -0.15) is 0 Å². The first kappa shape index (κ1) is 15.2. The van der Waals surface area contributed by atoms with Gasteiger partial charge in [0, 0.05) is 19.4 Å². The van der Waals surface area contributed by atoms with Crippen molar-refractivity contribution < 1.29 is 8.95 Å². The minimum atomic E-state index is -1.02. The molecule has 98 valence electrons. The van der Waals surface area contributed by atoms with Gasteiger partial charge in [0.2, 0.25) is 0 Å². The molecule has 0 aliphatic rings. The molecular formula is C13H17NO2S2. The largest absolute Gasteiger partial charge is 0.363 e. The molecule has 0 aliphatic heterocycles. The lowest BCUT2D eigenvalue weighted by molar-refractivity contribution is 0.171. The van der Waals surface area contributed by atoms with Gasteiger partial charge in [-0.15, -0.1) is 0 Å². The van der Waals surface area contributed by atoms with Crippen LogP contribution in [0.5, 0.6) is 0 Å². The van der Waals surface area contributed by atoms with Crippen LogP contribution in [0.3, 0.4) is 0 Å². The standard InChI is InChI=1S/C13H17NO2S2/c1-16-13(12-7-3-2-4-8-12)18(15)10-6-5-9-14-11-17/h2-4,7-8,13H,5-6,9-10H2,1H3. The first-order chi connectivity index (χ1) is 8.79. The first-order valence-electron chi connectivity index (χ1n) is 5.78. The molecule has 0 aliphatic carbocycles. The monoisotopic (exact) mass is 283 g/mol. The molecule has 0 radical (unpaired) electrons. The number of isothiocyanates is 1. The van der Waals surface area contributed by atoms with E-state index in [9.17, 15) is 4.21 Å². The van der Waals surface area contributed by atoms with Gasteiger partial charge in [0.15, 0.2) is 5.44 Å². The van der Waals surface area contributed by atoms with Crippen molar-refractivity contribution in [2.24, 2.45) is 4.99 Å². The number of nitrogens with zero attached hydrogens (tertiary/aromatic N) is 1. The average Bonchev–Trinajstić information content (AvgIpc) is 2.40. The topological polar surface area (TPSA) is 38.7 Å². The second-order valence-electron chi connectivity index (χ2n) is 3.74. The average molecular weight is 283 g/mol. The van der Waals surface area contributed by atoms with Crippen LogP contribution in [0.25, 0.3) is 0 Å². The zero-order valence-corrected chi connectivity index (χ0v) is 12.0. The van der Waals surface area contributed by atoms with Gasteiger partial charge in [-0.3, -0.25) is 4.21 Å². The Kier molecular flexibility index (Phi) is 7.69. The Morgan fingerprint density at radius 2 is 2.11 bits per heavy atom. The highest BCUT2D eigenvalue weighted by molar-refractivity contribution is 7.85. The van der Waals surface area contributed by atoms with E-state index in [2.05, 4.69) is 22.4 Å². The van der Waals surface area contributed by atoms with E-state index in [1.807, 2.05) is 30.3 Å². The fraction of sp³-hybridized carbons (Fsp3) is 0.462. The zero-order chi connectivity index (χ0) is 13.2. The third-order valence-electron chi connectivity index (χ3n) is 2.45. The summed E-state index contributed by atoms with van der Waals surface area (Å²) in [6, 6.07) is 9.65. The summed E-state index contributed by atoms with van der Waals surface area (Å²) in [5.74, 6) is 0.611. The van der Waals surface area contributed by atoms with Crippen molar-refractivity contribution in [3.8, 4) is 0 Å². The van der Waals surface area contributed by atoms with Crippen LogP contribution >= 0.6 is 12.2 Å². The smallest absolute Gasteiger partial charge is 0.157 e. The fourth-order valence-corrected chi connectivity index (χ4v) is 3.06. The van der Waals surface area contributed by atoms with Crippen LogP contribution in [-0.2, 0) is 15.5 Å². The zero-order valence-electron chi connectivity index (χ0n) is 10.4. The van der Waals surface area contributed by atoms with Gasteiger partial charge >= 0.3 is 0 Å². The molecule has 5 heteroatoms.